The van der Waals surface area contributed by atoms with Crippen molar-refractivity contribution in [2.24, 2.45) is 0 Å². The van der Waals surface area contributed by atoms with Gasteiger partial charge in [-0.25, -0.2) is 0 Å². The molecule has 0 bridgehead atoms. The Hall–Kier alpha value is -1.41. The molecule has 0 spiro atoms. The van der Waals surface area contributed by atoms with Crippen LogP contribution in [-0.2, 0) is 0 Å². The van der Waals surface area contributed by atoms with Crippen LogP contribution in [0.4, 0.5) is 5.69 Å². The minimum atomic E-state index is 0.575. The van der Waals surface area contributed by atoms with Crippen LogP contribution in [0.25, 0.3) is 11.1 Å². The number of halogens is 1. The molecule has 0 unspecified atom stereocenters. The number of nitrogen functional groups attached to an aromatic ring is 1. The van der Waals surface area contributed by atoms with E-state index in [1.54, 1.807) is 6.07 Å². The summed E-state index contributed by atoms with van der Waals surface area (Å²) in [6.07, 6.45) is 0. The molecule has 2 N–H and O–H groups in total. The van der Waals surface area contributed by atoms with Crippen LogP contribution in [0.15, 0.2) is 28.7 Å². The topological polar surface area (TPSA) is 39.2 Å². The minimum absolute atomic E-state index is 0.575. The van der Waals surface area contributed by atoms with Gasteiger partial charge >= 0.3 is 0 Å². The fourth-order valence-corrected chi connectivity index (χ4v) is 1.79. The Bertz CT molecular complexity index is 502. The van der Waals surface area contributed by atoms with E-state index in [9.17, 15) is 0 Å². The van der Waals surface area contributed by atoms with Crippen LogP contribution >= 0.6 is 11.6 Å². The van der Waals surface area contributed by atoms with Gasteiger partial charge in [0.05, 0.1) is 10.7 Å². The first kappa shape index (κ1) is 10.1. The van der Waals surface area contributed by atoms with E-state index in [1.165, 1.54) is 0 Å². The maximum Gasteiger partial charge on any atom is 0.108 e. The maximum absolute atomic E-state index is 5.97. The molecular formula is C12H12ClNO. The average Bonchev–Trinajstić information content (AvgIpc) is 2.50. The number of anilines is 1. The Morgan fingerprint density at radius 1 is 1.20 bits per heavy atom. The Kier molecular flexibility index (Phi) is 2.45. The van der Waals surface area contributed by atoms with Crippen LogP contribution in [0.5, 0.6) is 0 Å². The first-order chi connectivity index (χ1) is 7.08. The molecule has 0 saturated carbocycles. The lowest BCUT2D eigenvalue weighted by Crippen LogP contribution is -1.86. The van der Waals surface area contributed by atoms with Gasteiger partial charge in [-0.15, -0.1) is 0 Å². The summed E-state index contributed by atoms with van der Waals surface area (Å²) in [7, 11) is 0. The van der Waals surface area contributed by atoms with Crippen molar-refractivity contribution in [1.29, 1.82) is 0 Å². The fraction of sp³-hybridized carbons (Fsp3) is 0.167. The molecule has 1 aromatic carbocycles. The number of benzene rings is 1. The molecule has 2 aromatic rings. The van der Waals surface area contributed by atoms with E-state index >= 15 is 0 Å². The van der Waals surface area contributed by atoms with Crippen molar-refractivity contribution in [1.82, 2.24) is 0 Å². The van der Waals surface area contributed by atoms with Crippen molar-refractivity contribution in [2.45, 2.75) is 13.8 Å². The van der Waals surface area contributed by atoms with Crippen molar-refractivity contribution in [3.63, 3.8) is 0 Å². The molecule has 0 aliphatic rings. The van der Waals surface area contributed by atoms with Crippen molar-refractivity contribution < 1.29 is 4.42 Å². The highest BCUT2D eigenvalue weighted by molar-refractivity contribution is 6.33. The molecule has 1 aromatic heterocycles. The molecule has 0 radical (unpaired) electrons. The molecule has 0 saturated heterocycles. The van der Waals surface area contributed by atoms with Gasteiger partial charge in [0, 0.05) is 5.56 Å². The number of hydrogen-bond acceptors (Lipinski definition) is 2. The quantitative estimate of drug-likeness (QED) is 0.744. The number of nitrogens with two attached hydrogens (primary N) is 1. The van der Waals surface area contributed by atoms with Crippen LogP contribution in [0, 0.1) is 13.8 Å². The van der Waals surface area contributed by atoms with Crippen molar-refractivity contribution in [3.8, 4) is 11.1 Å². The predicted octanol–water partition coefficient (Wildman–Crippen LogP) is 3.80. The summed E-state index contributed by atoms with van der Waals surface area (Å²) >= 11 is 5.97. The van der Waals surface area contributed by atoms with Gasteiger partial charge in [-0.1, -0.05) is 17.7 Å². The lowest BCUT2D eigenvalue weighted by Gasteiger charge is -2.02. The lowest BCUT2D eigenvalue weighted by molar-refractivity contribution is 0.505. The second-order valence-corrected chi connectivity index (χ2v) is 3.97. The average molecular weight is 222 g/mol. The number of rotatable bonds is 1. The Morgan fingerprint density at radius 2 is 1.93 bits per heavy atom. The number of hydrogen-bond donors (Lipinski definition) is 1. The van der Waals surface area contributed by atoms with Crippen LogP contribution in [0.2, 0.25) is 5.02 Å². The first-order valence-corrected chi connectivity index (χ1v) is 5.08. The van der Waals surface area contributed by atoms with Crippen molar-refractivity contribution in [3.05, 3.63) is 40.8 Å². The summed E-state index contributed by atoms with van der Waals surface area (Å²) in [6, 6.07) is 7.60. The van der Waals surface area contributed by atoms with Gasteiger partial charge in [-0.05, 0) is 37.6 Å². The maximum atomic E-state index is 5.97. The smallest absolute Gasteiger partial charge is 0.108 e. The monoisotopic (exact) mass is 221 g/mol. The van der Waals surface area contributed by atoms with E-state index in [2.05, 4.69) is 0 Å². The van der Waals surface area contributed by atoms with E-state index in [0.29, 0.717) is 10.7 Å². The van der Waals surface area contributed by atoms with Crippen molar-refractivity contribution >= 4 is 17.3 Å². The molecule has 0 amide bonds. The highest BCUT2D eigenvalue weighted by Gasteiger charge is 2.08. The van der Waals surface area contributed by atoms with Gasteiger partial charge in [-0.2, -0.15) is 0 Å². The lowest BCUT2D eigenvalue weighted by atomic mass is 10.1. The molecule has 15 heavy (non-hydrogen) atoms. The van der Waals surface area contributed by atoms with Crippen molar-refractivity contribution in [2.75, 3.05) is 5.73 Å². The standard InChI is InChI=1S/C12H12ClNO/c1-7-5-10(8(2)15-7)9-3-4-12(14)11(13)6-9/h3-6H,14H2,1-2H3. The Morgan fingerprint density at radius 3 is 2.47 bits per heavy atom. The molecule has 0 aliphatic carbocycles. The third-order valence-electron chi connectivity index (χ3n) is 2.35. The number of furan rings is 1. The summed E-state index contributed by atoms with van der Waals surface area (Å²) in [6.45, 7) is 3.86. The zero-order valence-corrected chi connectivity index (χ0v) is 9.43. The van der Waals surface area contributed by atoms with Gasteiger partial charge in [0.1, 0.15) is 11.5 Å². The van der Waals surface area contributed by atoms with Gasteiger partial charge < -0.3 is 10.2 Å². The summed E-state index contributed by atoms with van der Waals surface area (Å²) in [5, 5.41) is 0.575. The largest absolute Gasteiger partial charge is 0.466 e. The molecule has 1 heterocycles. The Balaban J connectivity index is 2.54. The predicted molar refractivity (Wildman–Crippen MR) is 63.0 cm³/mol. The van der Waals surface area contributed by atoms with Crippen LogP contribution < -0.4 is 5.73 Å². The number of aryl methyl sites for hydroxylation is 2. The SMILES string of the molecule is Cc1cc(-c2ccc(N)c(Cl)c2)c(C)o1. The zero-order valence-electron chi connectivity index (χ0n) is 8.67. The van der Waals surface area contributed by atoms with Crippen LogP contribution in [-0.4, -0.2) is 0 Å². The molecule has 0 fully saturated rings. The van der Waals surface area contributed by atoms with Gasteiger partial charge in [0.25, 0.3) is 0 Å². The van der Waals surface area contributed by atoms with Gasteiger partial charge in [0.15, 0.2) is 0 Å². The molecular weight excluding hydrogens is 210 g/mol. The molecule has 78 valence electrons. The molecule has 0 atom stereocenters. The van der Waals surface area contributed by atoms with E-state index in [0.717, 1.165) is 22.6 Å². The highest BCUT2D eigenvalue weighted by atomic mass is 35.5. The molecule has 0 aliphatic heterocycles. The normalized spacial score (nSPS) is 10.6. The summed E-state index contributed by atoms with van der Waals surface area (Å²) in [4.78, 5) is 0. The van der Waals surface area contributed by atoms with E-state index in [4.69, 9.17) is 21.8 Å². The van der Waals surface area contributed by atoms with E-state index in [1.807, 2.05) is 32.0 Å². The second kappa shape index (κ2) is 3.63. The highest BCUT2D eigenvalue weighted by Crippen LogP contribution is 2.30. The molecule has 2 rings (SSSR count). The third-order valence-corrected chi connectivity index (χ3v) is 2.68. The fourth-order valence-electron chi connectivity index (χ4n) is 1.61. The molecule has 2 nitrogen and oxygen atoms in total. The second-order valence-electron chi connectivity index (χ2n) is 3.56. The van der Waals surface area contributed by atoms with Crippen LogP contribution in [0.1, 0.15) is 11.5 Å². The van der Waals surface area contributed by atoms with Crippen LogP contribution in [0.3, 0.4) is 0 Å². The minimum Gasteiger partial charge on any atom is -0.466 e. The zero-order chi connectivity index (χ0) is 11.0. The first-order valence-electron chi connectivity index (χ1n) is 4.70. The van der Waals surface area contributed by atoms with Gasteiger partial charge in [-0.3, -0.25) is 0 Å². The Labute approximate surface area is 93.7 Å². The summed E-state index contributed by atoms with van der Waals surface area (Å²) < 4.78 is 5.46. The third kappa shape index (κ3) is 1.85. The van der Waals surface area contributed by atoms with E-state index in [-0.39, 0.29) is 0 Å². The van der Waals surface area contributed by atoms with E-state index < -0.39 is 0 Å². The molecule has 3 heteroatoms. The summed E-state index contributed by atoms with van der Waals surface area (Å²) in [5.41, 5.74) is 8.35. The van der Waals surface area contributed by atoms with Gasteiger partial charge in [0.2, 0.25) is 0 Å². The summed E-state index contributed by atoms with van der Waals surface area (Å²) in [5.74, 6) is 1.80.